The van der Waals surface area contributed by atoms with Crippen LogP contribution in [0.4, 0.5) is 0 Å². The van der Waals surface area contributed by atoms with Crippen molar-refractivity contribution in [3.63, 3.8) is 0 Å². The third-order valence-corrected chi connectivity index (χ3v) is 4.84. The minimum atomic E-state index is -3.41. The van der Waals surface area contributed by atoms with Crippen LogP contribution < -0.4 is 10.5 Å². The summed E-state index contributed by atoms with van der Waals surface area (Å²) in [6.07, 6.45) is 0.719. The molecule has 6 heteroatoms. The molecule has 1 aromatic carbocycles. The van der Waals surface area contributed by atoms with E-state index < -0.39 is 10.0 Å². The molecule has 0 amide bonds. The van der Waals surface area contributed by atoms with Crippen molar-refractivity contribution in [3.8, 4) is 5.75 Å². The van der Waals surface area contributed by atoms with Crippen LogP contribution >= 0.6 is 0 Å². The summed E-state index contributed by atoms with van der Waals surface area (Å²) < 4.78 is 31.3. The highest BCUT2D eigenvalue weighted by Crippen LogP contribution is 2.22. The number of rotatable bonds is 4. The van der Waals surface area contributed by atoms with E-state index in [-0.39, 0.29) is 6.04 Å². The maximum atomic E-state index is 12.3. The SMILES string of the molecule is CCOc1ccc(S(=O)(=O)N2CC[C@H](N)C2)cc1. The summed E-state index contributed by atoms with van der Waals surface area (Å²) in [7, 11) is -3.41. The van der Waals surface area contributed by atoms with E-state index in [4.69, 9.17) is 10.5 Å². The summed E-state index contributed by atoms with van der Waals surface area (Å²) >= 11 is 0. The molecular weight excluding hydrogens is 252 g/mol. The summed E-state index contributed by atoms with van der Waals surface area (Å²) in [6.45, 7) is 3.34. The molecule has 1 atom stereocenters. The molecule has 1 aliphatic rings. The van der Waals surface area contributed by atoms with Crippen molar-refractivity contribution in [1.82, 2.24) is 4.31 Å². The Labute approximate surface area is 108 Å². The van der Waals surface area contributed by atoms with Gasteiger partial charge in [0.05, 0.1) is 11.5 Å². The quantitative estimate of drug-likeness (QED) is 0.878. The second-order valence-corrected chi connectivity index (χ2v) is 6.25. The maximum absolute atomic E-state index is 12.3. The van der Waals surface area contributed by atoms with Crippen molar-refractivity contribution in [2.24, 2.45) is 5.73 Å². The number of benzene rings is 1. The van der Waals surface area contributed by atoms with E-state index in [0.29, 0.717) is 30.3 Å². The molecule has 0 radical (unpaired) electrons. The van der Waals surface area contributed by atoms with E-state index in [9.17, 15) is 8.42 Å². The van der Waals surface area contributed by atoms with E-state index in [0.717, 1.165) is 6.42 Å². The van der Waals surface area contributed by atoms with Gasteiger partial charge in [-0.15, -0.1) is 0 Å². The normalized spacial score (nSPS) is 21.1. The summed E-state index contributed by atoms with van der Waals surface area (Å²) in [5, 5.41) is 0. The molecule has 0 unspecified atom stereocenters. The average molecular weight is 270 g/mol. The van der Waals surface area contributed by atoms with Gasteiger partial charge in [-0.1, -0.05) is 0 Å². The Morgan fingerprint density at radius 2 is 2.06 bits per heavy atom. The lowest BCUT2D eigenvalue weighted by atomic mass is 10.3. The summed E-state index contributed by atoms with van der Waals surface area (Å²) in [5.41, 5.74) is 5.74. The first kappa shape index (κ1) is 13.3. The van der Waals surface area contributed by atoms with Crippen molar-refractivity contribution >= 4 is 10.0 Å². The van der Waals surface area contributed by atoms with Gasteiger partial charge >= 0.3 is 0 Å². The van der Waals surface area contributed by atoms with Crippen molar-refractivity contribution in [1.29, 1.82) is 0 Å². The third kappa shape index (κ3) is 2.66. The van der Waals surface area contributed by atoms with Gasteiger partial charge in [-0.25, -0.2) is 8.42 Å². The zero-order valence-corrected chi connectivity index (χ0v) is 11.2. The first-order valence-corrected chi connectivity index (χ1v) is 7.46. The number of sulfonamides is 1. The standard InChI is InChI=1S/C12H18N2O3S/c1-2-17-11-3-5-12(6-4-11)18(15,16)14-8-7-10(13)9-14/h3-6,10H,2,7-9,13H2,1H3/t10-/m0/s1. The van der Waals surface area contributed by atoms with Gasteiger partial charge in [0.25, 0.3) is 0 Å². The lowest BCUT2D eigenvalue weighted by Gasteiger charge is -2.16. The molecule has 1 fully saturated rings. The van der Waals surface area contributed by atoms with Gasteiger partial charge in [0.2, 0.25) is 10.0 Å². The molecule has 18 heavy (non-hydrogen) atoms. The van der Waals surface area contributed by atoms with Gasteiger partial charge in [0.15, 0.2) is 0 Å². The Balaban J connectivity index is 2.19. The van der Waals surface area contributed by atoms with Crippen LogP contribution in [-0.4, -0.2) is 38.5 Å². The largest absolute Gasteiger partial charge is 0.494 e. The summed E-state index contributed by atoms with van der Waals surface area (Å²) in [5.74, 6) is 0.676. The number of nitrogens with two attached hydrogens (primary N) is 1. The van der Waals surface area contributed by atoms with Crippen LogP contribution in [0.1, 0.15) is 13.3 Å². The van der Waals surface area contributed by atoms with Gasteiger partial charge in [0, 0.05) is 19.1 Å². The first-order chi connectivity index (χ1) is 8.54. The number of ether oxygens (including phenoxy) is 1. The molecule has 0 spiro atoms. The lowest BCUT2D eigenvalue weighted by Crippen LogP contribution is -2.31. The molecule has 1 heterocycles. The molecule has 0 saturated carbocycles. The van der Waals surface area contributed by atoms with Crippen LogP contribution in [0.2, 0.25) is 0 Å². The van der Waals surface area contributed by atoms with Crippen molar-refractivity contribution in [2.75, 3.05) is 19.7 Å². The van der Waals surface area contributed by atoms with Crippen LogP contribution in [0.5, 0.6) is 5.75 Å². The van der Waals surface area contributed by atoms with Crippen LogP contribution in [0, 0.1) is 0 Å². The number of hydrogen-bond donors (Lipinski definition) is 1. The molecule has 5 nitrogen and oxygen atoms in total. The second kappa shape index (κ2) is 5.26. The summed E-state index contributed by atoms with van der Waals surface area (Å²) in [6, 6.07) is 6.44. The Kier molecular flexibility index (Phi) is 3.89. The monoisotopic (exact) mass is 270 g/mol. The molecule has 100 valence electrons. The highest BCUT2D eigenvalue weighted by atomic mass is 32.2. The Hall–Kier alpha value is -1.11. The molecule has 0 aromatic heterocycles. The molecule has 1 aliphatic heterocycles. The number of hydrogen-bond acceptors (Lipinski definition) is 4. The van der Waals surface area contributed by atoms with Crippen LogP contribution in [0.3, 0.4) is 0 Å². The number of nitrogens with zero attached hydrogens (tertiary/aromatic N) is 1. The van der Waals surface area contributed by atoms with Gasteiger partial charge in [-0.05, 0) is 37.6 Å². The molecular formula is C12H18N2O3S. The van der Waals surface area contributed by atoms with Crippen molar-refractivity contribution in [3.05, 3.63) is 24.3 Å². The predicted octanol–water partition coefficient (Wildman–Crippen LogP) is 0.807. The van der Waals surface area contributed by atoms with Gasteiger partial charge in [0.1, 0.15) is 5.75 Å². The van der Waals surface area contributed by atoms with E-state index in [1.54, 1.807) is 24.3 Å². The molecule has 1 aromatic rings. The zero-order chi connectivity index (χ0) is 13.2. The fourth-order valence-corrected chi connectivity index (χ4v) is 3.51. The van der Waals surface area contributed by atoms with Crippen LogP contribution in [-0.2, 0) is 10.0 Å². The zero-order valence-electron chi connectivity index (χ0n) is 10.4. The van der Waals surface area contributed by atoms with E-state index in [1.807, 2.05) is 6.92 Å². The molecule has 1 saturated heterocycles. The topological polar surface area (TPSA) is 72.6 Å². The Morgan fingerprint density at radius 1 is 1.39 bits per heavy atom. The molecule has 2 rings (SSSR count). The molecule has 0 aliphatic carbocycles. The van der Waals surface area contributed by atoms with Crippen LogP contribution in [0.15, 0.2) is 29.2 Å². The first-order valence-electron chi connectivity index (χ1n) is 6.02. The van der Waals surface area contributed by atoms with Crippen LogP contribution in [0.25, 0.3) is 0 Å². The Morgan fingerprint density at radius 3 is 2.56 bits per heavy atom. The van der Waals surface area contributed by atoms with Crippen molar-refractivity contribution in [2.45, 2.75) is 24.3 Å². The van der Waals surface area contributed by atoms with Gasteiger partial charge in [-0.3, -0.25) is 0 Å². The predicted molar refractivity (Wildman–Crippen MR) is 69.0 cm³/mol. The Bertz CT molecular complexity index is 499. The van der Waals surface area contributed by atoms with Crippen molar-refractivity contribution < 1.29 is 13.2 Å². The minimum Gasteiger partial charge on any atom is -0.494 e. The van der Waals surface area contributed by atoms with E-state index in [2.05, 4.69) is 0 Å². The fraction of sp³-hybridized carbons (Fsp3) is 0.500. The van der Waals surface area contributed by atoms with E-state index >= 15 is 0 Å². The minimum absolute atomic E-state index is 0.0533. The summed E-state index contributed by atoms with van der Waals surface area (Å²) in [4.78, 5) is 0.292. The highest BCUT2D eigenvalue weighted by Gasteiger charge is 2.30. The maximum Gasteiger partial charge on any atom is 0.243 e. The average Bonchev–Trinajstić information content (AvgIpc) is 2.78. The van der Waals surface area contributed by atoms with Gasteiger partial charge < -0.3 is 10.5 Å². The molecule has 2 N–H and O–H groups in total. The highest BCUT2D eigenvalue weighted by molar-refractivity contribution is 7.89. The fourth-order valence-electron chi connectivity index (χ4n) is 2.00. The smallest absolute Gasteiger partial charge is 0.243 e. The van der Waals surface area contributed by atoms with E-state index in [1.165, 1.54) is 4.31 Å². The third-order valence-electron chi connectivity index (χ3n) is 2.96. The van der Waals surface area contributed by atoms with Gasteiger partial charge in [-0.2, -0.15) is 4.31 Å². The molecule has 0 bridgehead atoms. The second-order valence-electron chi connectivity index (χ2n) is 4.32. The lowest BCUT2D eigenvalue weighted by molar-refractivity contribution is 0.340.